The van der Waals surface area contributed by atoms with E-state index in [2.05, 4.69) is 5.32 Å². The highest BCUT2D eigenvalue weighted by molar-refractivity contribution is 7.16. The minimum atomic E-state index is -0.816. The number of hydrogen-bond acceptors (Lipinski definition) is 8. The Kier molecular flexibility index (Phi) is 7.67. The molecule has 8 nitrogen and oxygen atoms in total. The lowest BCUT2D eigenvalue weighted by molar-refractivity contribution is -0.119. The first-order chi connectivity index (χ1) is 15.7. The minimum Gasteiger partial charge on any atom is -0.462 e. The number of thiophene rings is 1. The number of carbonyl (C=O) groups excluding carboxylic acids is 4. The number of amides is 1. The van der Waals surface area contributed by atoms with Gasteiger partial charge in [0.15, 0.2) is 18.7 Å². The van der Waals surface area contributed by atoms with Crippen molar-refractivity contribution in [3.05, 3.63) is 62.7 Å². The molecule has 1 aromatic carbocycles. The first-order valence-electron chi connectivity index (χ1n) is 9.84. The van der Waals surface area contributed by atoms with E-state index in [4.69, 9.17) is 25.5 Å². The highest BCUT2D eigenvalue weighted by atomic mass is 35.5. The Morgan fingerprint density at radius 2 is 1.88 bits per heavy atom. The SMILES string of the molecule is CCOC(=O)c1c(NC(=O)COC(=O)c2cc(-c3ccc(C=O)o3)ccc2Cl)sc(C)c1C. The van der Waals surface area contributed by atoms with Crippen LogP contribution in [0, 0.1) is 13.8 Å². The average molecular weight is 490 g/mol. The maximum atomic E-state index is 12.5. The number of halogens is 1. The van der Waals surface area contributed by atoms with Crippen molar-refractivity contribution in [2.45, 2.75) is 20.8 Å². The molecular formula is C23H20ClNO7S. The van der Waals surface area contributed by atoms with Gasteiger partial charge >= 0.3 is 11.9 Å². The van der Waals surface area contributed by atoms with E-state index in [1.54, 1.807) is 26.0 Å². The smallest absolute Gasteiger partial charge is 0.341 e. The molecule has 0 unspecified atom stereocenters. The van der Waals surface area contributed by atoms with E-state index < -0.39 is 24.5 Å². The fraction of sp³-hybridized carbons (Fsp3) is 0.217. The quantitative estimate of drug-likeness (QED) is 0.347. The molecule has 3 rings (SSSR count). The van der Waals surface area contributed by atoms with Gasteiger partial charge in [-0.3, -0.25) is 9.59 Å². The Labute approximate surface area is 198 Å². The van der Waals surface area contributed by atoms with Gasteiger partial charge < -0.3 is 19.2 Å². The van der Waals surface area contributed by atoms with Crippen molar-refractivity contribution in [3.63, 3.8) is 0 Å². The zero-order valence-electron chi connectivity index (χ0n) is 18.0. The third kappa shape index (κ3) is 5.50. The second kappa shape index (κ2) is 10.5. The summed E-state index contributed by atoms with van der Waals surface area (Å²) in [5, 5.41) is 3.05. The van der Waals surface area contributed by atoms with Crippen molar-refractivity contribution < 1.29 is 33.1 Å². The number of rotatable bonds is 8. The van der Waals surface area contributed by atoms with E-state index in [0.717, 1.165) is 4.88 Å². The number of aldehydes is 1. The maximum absolute atomic E-state index is 12.5. The molecule has 1 amide bonds. The van der Waals surface area contributed by atoms with Crippen LogP contribution in [0.3, 0.4) is 0 Å². The van der Waals surface area contributed by atoms with Crippen LogP contribution in [0.5, 0.6) is 0 Å². The summed E-state index contributed by atoms with van der Waals surface area (Å²) in [6.45, 7) is 4.89. The Hall–Kier alpha value is -3.43. The van der Waals surface area contributed by atoms with Gasteiger partial charge in [-0.2, -0.15) is 0 Å². The Morgan fingerprint density at radius 3 is 2.55 bits per heavy atom. The molecule has 3 aromatic rings. The van der Waals surface area contributed by atoms with Gasteiger partial charge in [-0.1, -0.05) is 11.6 Å². The fourth-order valence-electron chi connectivity index (χ4n) is 2.94. The van der Waals surface area contributed by atoms with Crippen LogP contribution in [0.2, 0.25) is 5.02 Å². The lowest BCUT2D eigenvalue weighted by Gasteiger charge is -2.09. The predicted molar refractivity (Wildman–Crippen MR) is 123 cm³/mol. The summed E-state index contributed by atoms with van der Waals surface area (Å²) in [7, 11) is 0. The standard InChI is InChI=1S/C23H20ClNO7S/c1-4-30-23(29)20-12(2)13(3)33-21(20)25-19(27)11-31-22(28)16-9-14(5-7-17(16)24)18-8-6-15(10-26)32-18/h5-10H,4,11H2,1-3H3,(H,25,27). The van der Waals surface area contributed by atoms with E-state index in [1.807, 2.05) is 6.92 Å². The molecule has 0 saturated heterocycles. The van der Waals surface area contributed by atoms with E-state index >= 15 is 0 Å². The van der Waals surface area contributed by atoms with Crippen LogP contribution in [0.1, 0.15) is 48.6 Å². The van der Waals surface area contributed by atoms with Gasteiger partial charge in [-0.05, 0) is 56.7 Å². The summed E-state index contributed by atoms with van der Waals surface area (Å²) in [4.78, 5) is 48.9. The third-order valence-electron chi connectivity index (χ3n) is 4.67. The van der Waals surface area contributed by atoms with Crippen molar-refractivity contribution in [3.8, 4) is 11.3 Å². The van der Waals surface area contributed by atoms with Crippen LogP contribution < -0.4 is 5.32 Å². The van der Waals surface area contributed by atoms with E-state index in [1.165, 1.54) is 29.5 Å². The molecule has 0 aliphatic carbocycles. The molecule has 33 heavy (non-hydrogen) atoms. The number of anilines is 1. The summed E-state index contributed by atoms with van der Waals surface area (Å²) in [5.74, 6) is -1.46. The van der Waals surface area contributed by atoms with Crippen LogP contribution >= 0.6 is 22.9 Å². The molecule has 0 saturated carbocycles. The van der Waals surface area contributed by atoms with Crippen LogP contribution in [-0.4, -0.2) is 37.3 Å². The molecule has 0 aliphatic heterocycles. The summed E-state index contributed by atoms with van der Waals surface area (Å²) in [6, 6.07) is 7.64. The number of ether oxygens (including phenoxy) is 2. The Morgan fingerprint density at radius 1 is 1.12 bits per heavy atom. The van der Waals surface area contributed by atoms with Gasteiger partial charge in [-0.15, -0.1) is 11.3 Å². The lowest BCUT2D eigenvalue weighted by atomic mass is 10.1. The van der Waals surface area contributed by atoms with Gasteiger partial charge in [0.05, 0.1) is 22.8 Å². The Balaban J connectivity index is 1.70. The molecule has 2 heterocycles. The number of hydrogen-bond donors (Lipinski definition) is 1. The van der Waals surface area contributed by atoms with Gasteiger partial charge in [0.25, 0.3) is 5.91 Å². The normalized spacial score (nSPS) is 10.5. The van der Waals surface area contributed by atoms with Crippen LogP contribution in [0.4, 0.5) is 5.00 Å². The first-order valence-corrected chi connectivity index (χ1v) is 11.0. The molecule has 0 bridgehead atoms. The maximum Gasteiger partial charge on any atom is 0.341 e. The summed E-state index contributed by atoms with van der Waals surface area (Å²) < 4.78 is 15.5. The van der Waals surface area contributed by atoms with Crippen molar-refractivity contribution in [2.24, 2.45) is 0 Å². The highest BCUT2D eigenvalue weighted by Crippen LogP contribution is 2.33. The molecule has 10 heteroatoms. The number of furan rings is 1. The van der Waals surface area contributed by atoms with Gasteiger partial charge in [0.2, 0.25) is 0 Å². The summed E-state index contributed by atoms with van der Waals surface area (Å²) in [6.07, 6.45) is 0.567. The number of esters is 2. The predicted octanol–water partition coefficient (Wildman–Crippen LogP) is 5.06. The summed E-state index contributed by atoms with van der Waals surface area (Å²) >= 11 is 7.35. The average Bonchev–Trinajstić information content (AvgIpc) is 3.37. The minimum absolute atomic E-state index is 0.0287. The van der Waals surface area contributed by atoms with Gasteiger partial charge in [-0.25, -0.2) is 9.59 Å². The van der Waals surface area contributed by atoms with E-state index in [0.29, 0.717) is 28.2 Å². The summed E-state index contributed by atoms with van der Waals surface area (Å²) in [5.41, 5.74) is 1.53. The van der Waals surface area contributed by atoms with Gasteiger partial charge in [0, 0.05) is 10.4 Å². The van der Waals surface area contributed by atoms with Crippen molar-refractivity contribution in [1.29, 1.82) is 0 Å². The number of nitrogens with one attached hydrogen (secondary N) is 1. The zero-order valence-corrected chi connectivity index (χ0v) is 19.6. The van der Waals surface area contributed by atoms with E-state index in [9.17, 15) is 19.2 Å². The van der Waals surface area contributed by atoms with Gasteiger partial charge in [0.1, 0.15) is 10.8 Å². The number of carbonyl (C=O) groups is 4. The highest BCUT2D eigenvalue weighted by Gasteiger charge is 2.23. The molecule has 0 radical (unpaired) electrons. The molecule has 1 N–H and O–H groups in total. The van der Waals surface area contributed by atoms with Crippen LogP contribution in [-0.2, 0) is 14.3 Å². The Bertz CT molecular complexity index is 1230. The van der Waals surface area contributed by atoms with Crippen LogP contribution in [0.15, 0.2) is 34.7 Å². The van der Waals surface area contributed by atoms with Crippen molar-refractivity contribution >= 4 is 52.1 Å². The molecule has 2 aromatic heterocycles. The van der Waals surface area contributed by atoms with Crippen LogP contribution in [0.25, 0.3) is 11.3 Å². The second-order valence-electron chi connectivity index (χ2n) is 6.85. The monoisotopic (exact) mass is 489 g/mol. The molecule has 0 atom stereocenters. The second-order valence-corrected chi connectivity index (χ2v) is 8.48. The largest absolute Gasteiger partial charge is 0.462 e. The molecule has 0 spiro atoms. The van der Waals surface area contributed by atoms with E-state index in [-0.39, 0.29) is 28.5 Å². The number of benzene rings is 1. The molecular weight excluding hydrogens is 470 g/mol. The number of aryl methyl sites for hydroxylation is 1. The fourth-order valence-corrected chi connectivity index (χ4v) is 4.20. The van der Waals surface area contributed by atoms with Crippen molar-refractivity contribution in [1.82, 2.24) is 0 Å². The molecule has 0 aliphatic rings. The van der Waals surface area contributed by atoms with Crippen molar-refractivity contribution in [2.75, 3.05) is 18.5 Å². The molecule has 172 valence electrons. The third-order valence-corrected chi connectivity index (χ3v) is 6.12. The molecule has 0 fully saturated rings. The topological polar surface area (TPSA) is 112 Å². The lowest BCUT2D eigenvalue weighted by Crippen LogP contribution is -2.22. The zero-order chi connectivity index (χ0) is 24.1. The first kappa shape index (κ1) is 24.2.